The van der Waals surface area contributed by atoms with Crippen molar-refractivity contribution >= 4 is 17.1 Å². The van der Waals surface area contributed by atoms with Gasteiger partial charge < -0.3 is 25.8 Å². The first-order chi connectivity index (χ1) is 13.5. The predicted molar refractivity (Wildman–Crippen MR) is 111 cm³/mol. The van der Waals surface area contributed by atoms with Gasteiger partial charge >= 0.3 is 0 Å². The number of rotatable bonds is 7. The van der Waals surface area contributed by atoms with Crippen LogP contribution < -0.4 is 25.8 Å². The largest absolute Gasteiger partial charge is 0.495 e. The Balaban J connectivity index is 1.90. The molecule has 0 aliphatic rings. The first-order valence-corrected chi connectivity index (χ1v) is 8.85. The molecule has 0 unspecified atom stereocenters. The number of nitrogens with zero attached hydrogens (tertiary/aromatic N) is 1. The summed E-state index contributed by atoms with van der Waals surface area (Å²) in [5.74, 6) is 1.01. The summed E-state index contributed by atoms with van der Waals surface area (Å²) in [6, 6.07) is 17.8. The maximum Gasteiger partial charge on any atom is 0.141 e. The number of nitrogen functional groups attached to an aromatic ring is 2. The summed E-state index contributed by atoms with van der Waals surface area (Å²) in [7, 11) is 3.18. The number of halogens is 1. The zero-order valence-corrected chi connectivity index (χ0v) is 16.0. The van der Waals surface area contributed by atoms with Gasteiger partial charge in [-0.1, -0.05) is 12.1 Å². The van der Waals surface area contributed by atoms with Gasteiger partial charge in [0.2, 0.25) is 0 Å². The van der Waals surface area contributed by atoms with E-state index < -0.39 is 0 Å². The Kier molecular flexibility index (Phi) is 5.89. The molecule has 3 rings (SSSR count). The maximum absolute atomic E-state index is 13.4. The van der Waals surface area contributed by atoms with Crippen molar-refractivity contribution in [3.8, 4) is 11.5 Å². The van der Waals surface area contributed by atoms with Crippen LogP contribution in [0, 0.1) is 5.82 Å². The number of hydrogen-bond donors (Lipinski definition) is 2. The summed E-state index contributed by atoms with van der Waals surface area (Å²) in [6.07, 6.45) is 0. The van der Waals surface area contributed by atoms with E-state index in [1.54, 1.807) is 26.4 Å². The van der Waals surface area contributed by atoms with Crippen LogP contribution in [0.3, 0.4) is 0 Å². The highest BCUT2D eigenvalue weighted by Crippen LogP contribution is 2.27. The van der Waals surface area contributed by atoms with Gasteiger partial charge in [-0.3, -0.25) is 0 Å². The zero-order chi connectivity index (χ0) is 20.1. The monoisotopic (exact) mass is 381 g/mol. The second kappa shape index (κ2) is 8.52. The molecule has 0 bridgehead atoms. The van der Waals surface area contributed by atoms with E-state index in [2.05, 4.69) is 4.90 Å². The molecule has 0 fully saturated rings. The predicted octanol–water partition coefficient (Wildman–Crippen LogP) is 4.21. The summed E-state index contributed by atoms with van der Waals surface area (Å²) in [6.45, 7) is 1.18. The first-order valence-electron chi connectivity index (χ1n) is 8.85. The van der Waals surface area contributed by atoms with Crippen LogP contribution in [0.25, 0.3) is 0 Å². The quantitative estimate of drug-likeness (QED) is 0.600. The van der Waals surface area contributed by atoms with Crippen molar-refractivity contribution < 1.29 is 13.9 Å². The summed E-state index contributed by atoms with van der Waals surface area (Å²) in [5, 5.41) is 0. The second-order valence-corrected chi connectivity index (χ2v) is 6.49. The van der Waals surface area contributed by atoms with Crippen molar-refractivity contribution in [3.05, 3.63) is 77.6 Å². The molecule has 146 valence electrons. The molecule has 28 heavy (non-hydrogen) atoms. The number of hydrogen-bond acceptors (Lipinski definition) is 5. The molecule has 0 saturated carbocycles. The standard InChI is InChI=1S/C22H24FN3O2/c1-27-21-9-3-15(11-19(21)24)13-26(18-7-5-17(23)6-8-18)14-16-4-10-22(28-2)20(25)12-16/h3-12H,13-14,24-25H2,1-2H3. The number of anilines is 3. The van der Waals surface area contributed by atoms with Gasteiger partial charge in [0.25, 0.3) is 0 Å². The van der Waals surface area contributed by atoms with Crippen LogP contribution in [0.4, 0.5) is 21.5 Å². The molecule has 0 heterocycles. The minimum atomic E-state index is -0.272. The lowest BCUT2D eigenvalue weighted by molar-refractivity contribution is 0.417. The van der Waals surface area contributed by atoms with Gasteiger partial charge in [0.05, 0.1) is 25.6 Å². The van der Waals surface area contributed by atoms with Crippen molar-refractivity contribution in [2.24, 2.45) is 0 Å². The fourth-order valence-electron chi connectivity index (χ4n) is 3.10. The Morgan fingerprint density at radius 1 is 0.750 bits per heavy atom. The van der Waals surface area contributed by atoms with Gasteiger partial charge in [-0.15, -0.1) is 0 Å². The van der Waals surface area contributed by atoms with E-state index in [1.165, 1.54) is 12.1 Å². The molecule has 3 aromatic carbocycles. The van der Waals surface area contributed by atoms with Crippen LogP contribution in [0.5, 0.6) is 11.5 Å². The smallest absolute Gasteiger partial charge is 0.141 e. The normalized spacial score (nSPS) is 10.5. The van der Waals surface area contributed by atoms with Gasteiger partial charge in [0.1, 0.15) is 17.3 Å². The van der Waals surface area contributed by atoms with Crippen molar-refractivity contribution in [2.45, 2.75) is 13.1 Å². The van der Waals surface area contributed by atoms with E-state index in [4.69, 9.17) is 20.9 Å². The fourth-order valence-corrected chi connectivity index (χ4v) is 3.10. The summed E-state index contributed by atoms with van der Waals surface area (Å²) < 4.78 is 23.9. The molecule has 5 nitrogen and oxygen atoms in total. The van der Waals surface area contributed by atoms with Crippen molar-refractivity contribution in [2.75, 3.05) is 30.6 Å². The average Bonchev–Trinajstić information content (AvgIpc) is 2.68. The molecular formula is C22H24FN3O2. The fraction of sp³-hybridized carbons (Fsp3) is 0.182. The summed E-state index contributed by atoms with van der Waals surface area (Å²) in [5.41, 5.74) is 16.2. The molecule has 0 amide bonds. The van der Waals surface area contributed by atoms with E-state index in [-0.39, 0.29) is 5.82 Å². The molecule has 0 spiro atoms. The molecule has 0 radical (unpaired) electrons. The van der Waals surface area contributed by atoms with Crippen LogP contribution in [-0.2, 0) is 13.1 Å². The van der Waals surface area contributed by atoms with Crippen LogP contribution in [0.2, 0.25) is 0 Å². The summed E-state index contributed by atoms with van der Waals surface area (Å²) in [4.78, 5) is 2.13. The Morgan fingerprint density at radius 3 is 1.61 bits per heavy atom. The highest BCUT2D eigenvalue weighted by molar-refractivity contribution is 5.57. The molecule has 0 aromatic heterocycles. The Labute approximate surface area is 164 Å². The third-order valence-corrected chi connectivity index (χ3v) is 4.53. The van der Waals surface area contributed by atoms with E-state index in [1.807, 2.05) is 36.4 Å². The molecule has 3 aromatic rings. The first kappa shape index (κ1) is 19.4. The van der Waals surface area contributed by atoms with E-state index in [0.717, 1.165) is 16.8 Å². The van der Waals surface area contributed by atoms with Crippen LogP contribution in [0.1, 0.15) is 11.1 Å². The van der Waals surface area contributed by atoms with Crippen molar-refractivity contribution in [1.82, 2.24) is 0 Å². The molecule has 0 atom stereocenters. The minimum absolute atomic E-state index is 0.272. The van der Waals surface area contributed by atoms with Gasteiger partial charge in [-0.05, 0) is 59.7 Å². The van der Waals surface area contributed by atoms with Crippen LogP contribution in [-0.4, -0.2) is 14.2 Å². The van der Waals surface area contributed by atoms with E-state index in [0.29, 0.717) is 36.0 Å². The third-order valence-electron chi connectivity index (χ3n) is 4.53. The summed E-state index contributed by atoms with van der Waals surface area (Å²) >= 11 is 0. The van der Waals surface area contributed by atoms with Gasteiger partial charge in [0.15, 0.2) is 0 Å². The molecular weight excluding hydrogens is 357 g/mol. The average molecular weight is 381 g/mol. The SMILES string of the molecule is COc1ccc(CN(Cc2ccc(OC)c(N)c2)c2ccc(F)cc2)cc1N. The molecule has 0 aliphatic carbocycles. The van der Waals surface area contributed by atoms with Crippen LogP contribution >= 0.6 is 0 Å². The zero-order valence-electron chi connectivity index (χ0n) is 16.0. The Bertz CT molecular complexity index is 890. The lowest BCUT2D eigenvalue weighted by Gasteiger charge is -2.26. The molecule has 0 saturated heterocycles. The minimum Gasteiger partial charge on any atom is -0.495 e. The van der Waals surface area contributed by atoms with Gasteiger partial charge in [-0.25, -0.2) is 4.39 Å². The Hall–Kier alpha value is -3.41. The second-order valence-electron chi connectivity index (χ2n) is 6.49. The third kappa shape index (κ3) is 4.46. The van der Waals surface area contributed by atoms with Gasteiger partial charge in [0, 0.05) is 18.8 Å². The molecule has 6 heteroatoms. The van der Waals surface area contributed by atoms with E-state index >= 15 is 0 Å². The Morgan fingerprint density at radius 2 is 1.21 bits per heavy atom. The lowest BCUT2D eigenvalue weighted by Crippen LogP contribution is -2.22. The number of methoxy groups -OCH3 is 2. The molecule has 0 aliphatic heterocycles. The number of benzene rings is 3. The maximum atomic E-state index is 13.4. The number of ether oxygens (including phenoxy) is 2. The van der Waals surface area contributed by atoms with Crippen molar-refractivity contribution in [1.29, 1.82) is 0 Å². The molecule has 4 N–H and O–H groups in total. The highest BCUT2D eigenvalue weighted by atomic mass is 19.1. The van der Waals surface area contributed by atoms with Crippen LogP contribution in [0.15, 0.2) is 60.7 Å². The number of nitrogens with two attached hydrogens (primary N) is 2. The topological polar surface area (TPSA) is 73.7 Å². The van der Waals surface area contributed by atoms with Crippen molar-refractivity contribution in [3.63, 3.8) is 0 Å². The van der Waals surface area contributed by atoms with E-state index in [9.17, 15) is 4.39 Å². The highest BCUT2D eigenvalue weighted by Gasteiger charge is 2.12. The van der Waals surface area contributed by atoms with Gasteiger partial charge in [-0.2, -0.15) is 0 Å². The lowest BCUT2D eigenvalue weighted by atomic mass is 10.1.